The highest BCUT2D eigenvalue weighted by molar-refractivity contribution is 6.03. The first kappa shape index (κ1) is 24.2. The first-order valence-electron chi connectivity index (χ1n) is 10.3. The maximum Gasteiger partial charge on any atom is 0.338 e. The van der Waals surface area contributed by atoms with Crippen LogP contribution < -0.4 is 22.3 Å². The Labute approximate surface area is 193 Å². The van der Waals surface area contributed by atoms with Crippen molar-refractivity contribution in [2.75, 3.05) is 17.7 Å². The Morgan fingerprint density at radius 3 is 2.38 bits per heavy atom. The van der Waals surface area contributed by atoms with Gasteiger partial charge in [-0.25, -0.2) is 9.59 Å². The molecule has 11 nitrogen and oxygen atoms in total. The molecular weight excluding hydrogens is 444 g/mol. The molecule has 3 N–H and O–H groups in total. The van der Waals surface area contributed by atoms with Gasteiger partial charge in [-0.2, -0.15) is 0 Å². The number of ketones is 1. The number of carbonyl (C=O) groups excluding carboxylic acids is 3. The van der Waals surface area contributed by atoms with Gasteiger partial charge in [-0.05, 0) is 42.3 Å². The van der Waals surface area contributed by atoms with Crippen LogP contribution in [0.25, 0.3) is 0 Å². The van der Waals surface area contributed by atoms with Gasteiger partial charge in [-0.15, -0.1) is 0 Å². The number of rotatable bonds is 8. The van der Waals surface area contributed by atoms with E-state index in [1.165, 1.54) is 43.6 Å². The third kappa shape index (κ3) is 5.14. The number of anilines is 2. The summed E-state index contributed by atoms with van der Waals surface area (Å²) < 4.78 is 12.0. The van der Waals surface area contributed by atoms with Crippen molar-refractivity contribution >= 4 is 29.2 Å². The number of nitrogen functional groups attached to an aromatic ring is 1. The predicted octanol–water partition coefficient (Wildman–Crippen LogP) is 1.67. The second kappa shape index (κ2) is 10.0. The number of esters is 1. The maximum absolute atomic E-state index is 12.7. The van der Waals surface area contributed by atoms with Crippen molar-refractivity contribution in [2.24, 2.45) is 13.0 Å². The number of nitrogens with zero attached hydrogens (tertiary/aromatic N) is 2. The number of nitrogens with one attached hydrogen (secondary N) is 1. The molecule has 0 radical (unpaired) electrons. The topological polar surface area (TPSA) is 156 Å². The van der Waals surface area contributed by atoms with E-state index in [-0.39, 0.29) is 29.6 Å². The van der Waals surface area contributed by atoms with Crippen molar-refractivity contribution in [2.45, 2.75) is 20.4 Å². The molecule has 0 spiro atoms. The number of hydrogen-bond donors (Lipinski definition) is 2. The first-order chi connectivity index (χ1) is 16.1. The van der Waals surface area contributed by atoms with Crippen molar-refractivity contribution < 1.29 is 23.5 Å². The van der Waals surface area contributed by atoms with E-state index >= 15 is 0 Å². The molecule has 3 aromatic rings. The summed E-state index contributed by atoms with van der Waals surface area (Å²) in [5.74, 6) is -2.20. The Balaban J connectivity index is 1.70. The van der Waals surface area contributed by atoms with Crippen molar-refractivity contribution in [3.8, 4) is 0 Å². The lowest BCUT2D eigenvalue weighted by Gasteiger charge is -2.16. The fourth-order valence-electron chi connectivity index (χ4n) is 3.16. The molecule has 0 fully saturated rings. The van der Waals surface area contributed by atoms with Crippen molar-refractivity contribution in [1.29, 1.82) is 0 Å². The molecule has 0 unspecified atom stereocenters. The molecule has 0 aliphatic carbocycles. The molecule has 0 saturated carbocycles. The van der Waals surface area contributed by atoms with Gasteiger partial charge in [0.1, 0.15) is 11.4 Å². The normalized spacial score (nSPS) is 10.8. The summed E-state index contributed by atoms with van der Waals surface area (Å²) in [6, 6.07) is 8.86. The van der Waals surface area contributed by atoms with Crippen LogP contribution in [0.3, 0.4) is 0 Å². The molecule has 34 heavy (non-hydrogen) atoms. The molecule has 0 atom stereocenters. The number of benzene rings is 1. The monoisotopic (exact) mass is 468 g/mol. The second-order valence-electron chi connectivity index (χ2n) is 7.92. The molecule has 0 saturated heterocycles. The molecule has 0 aliphatic heterocycles. The Kier molecular flexibility index (Phi) is 7.15. The number of Topliss-reactive ketones (excluding diaryl/α,β-unsaturated/α-hetero) is 1. The summed E-state index contributed by atoms with van der Waals surface area (Å²) in [6.07, 6.45) is 1.37. The van der Waals surface area contributed by atoms with Crippen LogP contribution in [-0.2, 0) is 18.3 Å². The van der Waals surface area contributed by atoms with E-state index in [2.05, 4.69) is 5.32 Å². The van der Waals surface area contributed by atoms with E-state index < -0.39 is 41.1 Å². The van der Waals surface area contributed by atoms with E-state index in [9.17, 15) is 24.0 Å². The van der Waals surface area contributed by atoms with Crippen LogP contribution in [0.1, 0.15) is 45.1 Å². The van der Waals surface area contributed by atoms with Crippen LogP contribution in [-0.4, -0.2) is 33.4 Å². The quantitative estimate of drug-likeness (QED) is 0.374. The zero-order chi connectivity index (χ0) is 25.0. The minimum absolute atomic E-state index is 0.0325. The van der Waals surface area contributed by atoms with Gasteiger partial charge in [0.2, 0.25) is 5.78 Å². The third-order valence-corrected chi connectivity index (χ3v) is 4.87. The van der Waals surface area contributed by atoms with E-state index in [4.69, 9.17) is 14.9 Å². The number of amides is 1. The molecule has 2 heterocycles. The summed E-state index contributed by atoms with van der Waals surface area (Å²) in [5, 5.41) is 2.61. The Bertz CT molecular complexity index is 1330. The van der Waals surface area contributed by atoms with E-state index in [1.807, 2.05) is 13.8 Å². The fourth-order valence-corrected chi connectivity index (χ4v) is 3.16. The van der Waals surface area contributed by atoms with Gasteiger partial charge < -0.3 is 20.2 Å². The molecule has 3 rings (SSSR count). The number of aromatic nitrogens is 2. The average molecular weight is 468 g/mol. The Morgan fingerprint density at radius 2 is 1.79 bits per heavy atom. The fraction of sp³-hybridized carbons (Fsp3) is 0.261. The smallest absolute Gasteiger partial charge is 0.338 e. The molecule has 1 aromatic carbocycles. The van der Waals surface area contributed by atoms with Gasteiger partial charge in [0.05, 0.1) is 11.8 Å². The second-order valence-corrected chi connectivity index (χ2v) is 7.92. The lowest BCUT2D eigenvalue weighted by molar-refractivity contribution is 0.0474. The third-order valence-electron chi connectivity index (χ3n) is 4.87. The molecule has 178 valence electrons. The number of carbonyl (C=O) groups is 3. The van der Waals surface area contributed by atoms with Crippen LogP contribution in [0, 0.1) is 5.92 Å². The standard InChI is InChI=1S/C23H24N4O7/c1-13(2)11-27-19(24)18(21(30)26(3)23(27)32)16(28)12-34-22(31)14-6-8-15(9-7-14)25-20(29)17-5-4-10-33-17/h4-10,13H,11-12,24H2,1-3H3,(H,25,29). The van der Waals surface area contributed by atoms with Gasteiger partial charge in [-0.3, -0.25) is 23.5 Å². The number of ether oxygens (including phenoxy) is 1. The highest BCUT2D eigenvalue weighted by atomic mass is 16.5. The zero-order valence-electron chi connectivity index (χ0n) is 18.9. The van der Waals surface area contributed by atoms with Crippen molar-refractivity contribution in [3.63, 3.8) is 0 Å². The number of hydrogen-bond acceptors (Lipinski definition) is 8. The number of nitrogens with two attached hydrogens (primary N) is 1. The van der Waals surface area contributed by atoms with Crippen LogP contribution >= 0.6 is 0 Å². The summed E-state index contributed by atoms with van der Waals surface area (Å²) in [5.41, 5.74) is 4.59. The molecule has 0 bridgehead atoms. The molecule has 0 aliphatic rings. The average Bonchev–Trinajstić information content (AvgIpc) is 3.34. The minimum atomic E-state index is -0.861. The summed E-state index contributed by atoms with van der Waals surface area (Å²) in [4.78, 5) is 61.9. The first-order valence-corrected chi connectivity index (χ1v) is 10.3. The van der Waals surface area contributed by atoms with E-state index in [0.29, 0.717) is 5.69 Å². The zero-order valence-corrected chi connectivity index (χ0v) is 18.9. The highest BCUT2D eigenvalue weighted by Crippen LogP contribution is 2.14. The molecule has 2 aromatic heterocycles. The lowest BCUT2D eigenvalue weighted by Crippen LogP contribution is -2.43. The van der Waals surface area contributed by atoms with Crippen LogP contribution in [0.2, 0.25) is 0 Å². The van der Waals surface area contributed by atoms with E-state index in [0.717, 1.165) is 9.13 Å². The summed E-state index contributed by atoms with van der Waals surface area (Å²) in [6.45, 7) is 3.18. The molecule has 1 amide bonds. The summed E-state index contributed by atoms with van der Waals surface area (Å²) in [7, 11) is 1.25. The predicted molar refractivity (Wildman–Crippen MR) is 123 cm³/mol. The van der Waals surface area contributed by atoms with Gasteiger partial charge >= 0.3 is 11.7 Å². The van der Waals surface area contributed by atoms with Gasteiger partial charge in [-0.1, -0.05) is 13.8 Å². The lowest BCUT2D eigenvalue weighted by atomic mass is 10.1. The minimum Gasteiger partial charge on any atom is -0.459 e. The van der Waals surface area contributed by atoms with E-state index in [1.54, 1.807) is 6.07 Å². The Morgan fingerprint density at radius 1 is 1.12 bits per heavy atom. The van der Waals surface area contributed by atoms with Crippen LogP contribution in [0.15, 0.2) is 56.7 Å². The summed E-state index contributed by atoms with van der Waals surface area (Å²) >= 11 is 0. The maximum atomic E-state index is 12.7. The van der Waals surface area contributed by atoms with Gasteiger partial charge in [0.25, 0.3) is 11.5 Å². The van der Waals surface area contributed by atoms with Crippen molar-refractivity contribution in [3.05, 3.63) is 80.4 Å². The van der Waals surface area contributed by atoms with Gasteiger partial charge in [0.15, 0.2) is 12.4 Å². The largest absolute Gasteiger partial charge is 0.459 e. The Hall–Kier alpha value is -4.41. The van der Waals surface area contributed by atoms with Crippen LogP contribution in [0.5, 0.6) is 0 Å². The van der Waals surface area contributed by atoms with Crippen LogP contribution in [0.4, 0.5) is 11.5 Å². The highest BCUT2D eigenvalue weighted by Gasteiger charge is 2.23. The molecular formula is C23H24N4O7. The SMILES string of the molecule is CC(C)Cn1c(N)c(C(=O)COC(=O)c2ccc(NC(=O)c3ccco3)cc2)c(=O)n(C)c1=O. The van der Waals surface area contributed by atoms with Crippen molar-refractivity contribution in [1.82, 2.24) is 9.13 Å². The number of furan rings is 1. The molecule has 11 heteroatoms. The van der Waals surface area contributed by atoms with Gasteiger partial charge in [0, 0.05) is 19.3 Å².